The van der Waals surface area contributed by atoms with Crippen LogP contribution in [0.15, 0.2) is 18.2 Å². The minimum Gasteiger partial charge on any atom is -0.295 e. The number of nitrogens with zero attached hydrogens (tertiary/aromatic N) is 1. The summed E-state index contributed by atoms with van der Waals surface area (Å²) in [6.45, 7) is 1.36. The first-order valence-electron chi connectivity index (χ1n) is 6.45. The molecule has 0 aliphatic carbocycles. The van der Waals surface area contributed by atoms with Gasteiger partial charge in [-0.3, -0.25) is 4.90 Å². The topological polar surface area (TPSA) is 3.24 Å². The maximum absolute atomic E-state index is 13.7. The van der Waals surface area contributed by atoms with Crippen molar-refractivity contribution >= 4 is 11.6 Å². The molecule has 2 rings (SSSR count). The van der Waals surface area contributed by atoms with Crippen LogP contribution in [-0.2, 0) is 6.54 Å². The Hall–Kier alpha value is -0.670. The third-order valence-corrected chi connectivity index (χ3v) is 3.94. The molecule has 0 amide bonds. The summed E-state index contributed by atoms with van der Waals surface area (Å²) < 4.78 is 26.8. The zero-order chi connectivity index (χ0) is 13.0. The molecule has 100 valence electrons. The Morgan fingerprint density at radius 3 is 2.83 bits per heavy atom. The summed E-state index contributed by atoms with van der Waals surface area (Å²) in [4.78, 5) is 2.18. The number of rotatable bonds is 3. The van der Waals surface area contributed by atoms with Gasteiger partial charge in [0.15, 0.2) is 11.6 Å². The Labute approximate surface area is 112 Å². The highest BCUT2D eigenvalue weighted by molar-refractivity contribution is 6.18. The van der Waals surface area contributed by atoms with Gasteiger partial charge in [-0.1, -0.05) is 25.0 Å². The molecule has 1 saturated heterocycles. The summed E-state index contributed by atoms with van der Waals surface area (Å²) in [5, 5.41) is 0. The summed E-state index contributed by atoms with van der Waals surface area (Å²) >= 11 is 5.98. The normalized spacial score (nSPS) is 21.8. The molecule has 4 heteroatoms. The maximum atomic E-state index is 13.7. The van der Waals surface area contributed by atoms with Gasteiger partial charge in [0.05, 0.1) is 0 Å². The predicted molar refractivity (Wildman–Crippen MR) is 69.7 cm³/mol. The SMILES string of the molecule is Fc1cccc(CN2CCCCCC2CCl)c1F. The van der Waals surface area contributed by atoms with Crippen LogP contribution in [0.1, 0.15) is 31.2 Å². The number of halogens is 3. The van der Waals surface area contributed by atoms with Gasteiger partial charge in [0.25, 0.3) is 0 Å². The van der Waals surface area contributed by atoms with Gasteiger partial charge >= 0.3 is 0 Å². The second-order valence-electron chi connectivity index (χ2n) is 4.84. The summed E-state index contributed by atoms with van der Waals surface area (Å²) in [6.07, 6.45) is 4.50. The zero-order valence-electron chi connectivity index (χ0n) is 10.3. The molecule has 0 N–H and O–H groups in total. The van der Waals surface area contributed by atoms with Crippen LogP contribution < -0.4 is 0 Å². The van der Waals surface area contributed by atoms with E-state index in [9.17, 15) is 8.78 Å². The van der Waals surface area contributed by atoms with E-state index < -0.39 is 11.6 Å². The second-order valence-corrected chi connectivity index (χ2v) is 5.15. The molecule has 0 spiro atoms. The van der Waals surface area contributed by atoms with E-state index in [0.717, 1.165) is 25.5 Å². The van der Waals surface area contributed by atoms with Gasteiger partial charge in [-0.05, 0) is 25.5 Å². The number of hydrogen-bond donors (Lipinski definition) is 0. The number of likely N-dealkylation sites (tertiary alicyclic amines) is 1. The molecule has 1 aromatic rings. The molecule has 1 aliphatic rings. The molecular weight excluding hydrogens is 256 g/mol. The van der Waals surface area contributed by atoms with E-state index in [2.05, 4.69) is 4.90 Å². The number of benzene rings is 1. The van der Waals surface area contributed by atoms with Crippen LogP contribution >= 0.6 is 11.6 Å². The summed E-state index contributed by atoms with van der Waals surface area (Å²) in [7, 11) is 0. The molecule has 0 radical (unpaired) electrons. The molecule has 1 aromatic carbocycles. The fraction of sp³-hybridized carbons (Fsp3) is 0.571. The van der Waals surface area contributed by atoms with E-state index in [-0.39, 0.29) is 6.04 Å². The van der Waals surface area contributed by atoms with Crippen LogP contribution in [0.5, 0.6) is 0 Å². The highest BCUT2D eigenvalue weighted by Crippen LogP contribution is 2.22. The average molecular weight is 274 g/mol. The van der Waals surface area contributed by atoms with Crippen LogP contribution in [0.4, 0.5) is 8.78 Å². The van der Waals surface area contributed by atoms with Crippen LogP contribution in [-0.4, -0.2) is 23.4 Å². The quantitative estimate of drug-likeness (QED) is 0.754. The fourth-order valence-electron chi connectivity index (χ4n) is 2.51. The second kappa shape index (κ2) is 6.48. The van der Waals surface area contributed by atoms with Crippen molar-refractivity contribution in [1.29, 1.82) is 0 Å². The highest BCUT2D eigenvalue weighted by Gasteiger charge is 2.21. The van der Waals surface area contributed by atoms with Gasteiger partial charge in [0.2, 0.25) is 0 Å². The molecule has 0 aromatic heterocycles. The monoisotopic (exact) mass is 273 g/mol. The first-order chi connectivity index (χ1) is 8.72. The lowest BCUT2D eigenvalue weighted by atomic mass is 10.1. The molecule has 0 saturated carbocycles. The molecule has 0 bridgehead atoms. The molecule has 1 heterocycles. The lowest BCUT2D eigenvalue weighted by Gasteiger charge is -2.28. The Bertz CT molecular complexity index is 397. The van der Waals surface area contributed by atoms with E-state index in [4.69, 9.17) is 11.6 Å². The van der Waals surface area contributed by atoms with Crippen molar-refractivity contribution in [3.63, 3.8) is 0 Å². The highest BCUT2D eigenvalue weighted by atomic mass is 35.5. The van der Waals surface area contributed by atoms with Gasteiger partial charge < -0.3 is 0 Å². The Kier molecular flexibility index (Phi) is 4.95. The number of alkyl halides is 1. The van der Waals surface area contributed by atoms with Crippen molar-refractivity contribution in [2.75, 3.05) is 12.4 Å². The standard InChI is InChI=1S/C14H18ClF2N/c15-9-12-6-2-1-3-8-18(12)10-11-5-4-7-13(16)14(11)17/h4-5,7,12H,1-3,6,8-10H2. The van der Waals surface area contributed by atoms with Crippen LogP contribution in [0.25, 0.3) is 0 Å². The van der Waals surface area contributed by atoms with Gasteiger partial charge in [0.1, 0.15) is 0 Å². The Balaban J connectivity index is 2.12. The van der Waals surface area contributed by atoms with Crippen molar-refractivity contribution in [1.82, 2.24) is 4.90 Å². The largest absolute Gasteiger partial charge is 0.295 e. The summed E-state index contributed by atoms with van der Waals surface area (Å²) in [5.41, 5.74) is 0.423. The first kappa shape index (κ1) is 13.8. The molecule has 1 aliphatic heterocycles. The van der Waals surface area contributed by atoms with Crippen molar-refractivity contribution in [3.8, 4) is 0 Å². The lowest BCUT2D eigenvalue weighted by Crippen LogP contribution is -2.35. The average Bonchev–Trinajstić information content (AvgIpc) is 2.60. The van der Waals surface area contributed by atoms with E-state index in [1.807, 2.05) is 0 Å². The van der Waals surface area contributed by atoms with Crippen molar-refractivity contribution in [2.24, 2.45) is 0 Å². The lowest BCUT2D eigenvalue weighted by molar-refractivity contribution is 0.204. The third kappa shape index (κ3) is 3.21. The van der Waals surface area contributed by atoms with E-state index in [1.165, 1.54) is 12.8 Å². The molecule has 1 atom stereocenters. The molecule has 18 heavy (non-hydrogen) atoms. The van der Waals surface area contributed by atoms with Gasteiger partial charge in [-0.25, -0.2) is 8.78 Å². The molecule has 1 fully saturated rings. The Morgan fingerprint density at radius 1 is 1.22 bits per heavy atom. The van der Waals surface area contributed by atoms with Crippen molar-refractivity contribution < 1.29 is 8.78 Å². The third-order valence-electron chi connectivity index (χ3n) is 3.58. The van der Waals surface area contributed by atoms with Crippen LogP contribution in [0, 0.1) is 11.6 Å². The smallest absolute Gasteiger partial charge is 0.163 e. The molecular formula is C14H18ClF2N. The molecule has 1 nitrogen and oxygen atoms in total. The molecule has 1 unspecified atom stereocenters. The first-order valence-corrected chi connectivity index (χ1v) is 6.98. The van der Waals surface area contributed by atoms with Crippen molar-refractivity contribution in [2.45, 2.75) is 38.3 Å². The van der Waals surface area contributed by atoms with E-state index in [0.29, 0.717) is 18.0 Å². The van der Waals surface area contributed by atoms with Gasteiger partial charge in [-0.2, -0.15) is 0 Å². The Morgan fingerprint density at radius 2 is 2.06 bits per heavy atom. The minimum atomic E-state index is -0.773. The summed E-state index contributed by atoms with van der Waals surface area (Å²) in [6, 6.07) is 4.63. The van der Waals surface area contributed by atoms with Gasteiger partial charge in [-0.15, -0.1) is 11.6 Å². The zero-order valence-corrected chi connectivity index (χ0v) is 11.1. The maximum Gasteiger partial charge on any atom is 0.163 e. The van der Waals surface area contributed by atoms with E-state index >= 15 is 0 Å². The van der Waals surface area contributed by atoms with Crippen LogP contribution in [0.3, 0.4) is 0 Å². The van der Waals surface area contributed by atoms with E-state index in [1.54, 1.807) is 12.1 Å². The predicted octanol–water partition coefficient (Wildman–Crippen LogP) is 3.95. The van der Waals surface area contributed by atoms with Gasteiger partial charge in [0, 0.05) is 24.0 Å². The summed E-state index contributed by atoms with van der Waals surface area (Å²) in [5.74, 6) is -0.948. The fourth-order valence-corrected chi connectivity index (χ4v) is 2.86. The van der Waals surface area contributed by atoms with Crippen molar-refractivity contribution in [3.05, 3.63) is 35.4 Å². The van der Waals surface area contributed by atoms with Crippen LogP contribution in [0.2, 0.25) is 0 Å². The minimum absolute atomic E-state index is 0.275. The number of hydrogen-bond acceptors (Lipinski definition) is 1.